The van der Waals surface area contributed by atoms with Crippen LogP contribution in [0.5, 0.6) is 0 Å². The molecule has 0 fully saturated rings. The summed E-state index contributed by atoms with van der Waals surface area (Å²) in [6.07, 6.45) is 0. The molecule has 1 unspecified atom stereocenters. The molecule has 0 bridgehead atoms. The van der Waals surface area contributed by atoms with E-state index >= 15 is 0 Å². The number of para-hydroxylation sites is 1. The van der Waals surface area contributed by atoms with Gasteiger partial charge in [0.15, 0.2) is 0 Å². The van der Waals surface area contributed by atoms with Crippen molar-refractivity contribution in [1.29, 1.82) is 0 Å². The molecule has 6 nitrogen and oxygen atoms in total. The maximum Gasteiger partial charge on any atom is 0.276 e. The van der Waals surface area contributed by atoms with E-state index in [1.165, 1.54) is 12.1 Å². The first-order valence-corrected chi connectivity index (χ1v) is 9.46. The van der Waals surface area contributed by atoms with Crippen molar-refractivity contribution >= 4 is 58.2 Å². The van der Waals surface area contributed by atoms with Crippen LogP contribution in [0.2, 0.25) is 0 Å². The lowest BCUT2D eigenvalue weighted by Gasteiger charge is -2.27. The number of alkyl halides is 3. The van der Waals surface area contributed by atoms with Crippen molar-refractivity contribution in [2.45, 2.75) is 50.0 Å². The molecule has 1 aromatic carbocycles. The minimum atomic E-state index is -2.17. The van der Waals surface area contributed by atoms with Gasteiger partial charge in [-0.2, -0.15) is 0 Å². The van der Waals surface area contributed by atoms with Crippen LogP contribution in [-0.4, -0.2) is 33.1 Å². The number of hydrogen-bond donors (Lipinski definition) is 3. The Bertz CT molecular complexity index is 710. The van der Waals surface area contributed by atoms with Crippen molar-refractivity contribution in [2.75, 3.05) is 5.32 Å². The van der Waals surface area contributed by atoms with Crippen molar-refractivity contribution in [2.24, 2.45) is 5.92 Å². The van der Waals surface area contributed by atoms with Crippen LogP contribution in [0.25, 0.3) is 0 Å². The summed E-state index contributed by atoms with van der Waals surface area (Å²) in [5.41, 5.74) is -0.120. The second-order valence-electron chi connectivity index (χ2n) is 7.43. The van der Waals surface area contributed by atoms with E-state index in [9.17, 15) is 14.4 Å². The molecule has 1 rings (SSSR count). The Morgan fingerprint density at radius 1 is 1.00 bits per heavy atom. The molecule has 0 aliphatic heterocycles. The van der Waals surface area contributed by atoms with E-state index in [0.29, 0.717) is 0 Å². The summed E-state index contributed by atoms with van der Waals surface area (Å²) in [6, 6.07) is 5.50. The molecule has 0 radical (unpaired) electrons. The van der Waals surface area contributed by atoms with E-state index < -0.39 is 27.2 Å². The second-order valence-corrected chi connectivity index (χ2v) is 9.71. The van der Waals surface area contributed by atoms with Crippen LogP contribution in [0, 0.1) is 5.92 Å². The Labute approximate surface area is 174 Å². The van der Waals surface area contributed by atoms with E-state index in [4.69, 9.17) is 34.8 Å². The molecular formula is C18H24Cl3N3O3. The molecule has 0 spiro atoms. The third kappa shape index (κ3) is 7.56. The number of hydrogen-bond acceptors (Lipinski definition) is 3. The van der Waals surface area contributed by atoms with Crippen LogP contribution in [-0.2, 0) is 9.59 Å². The molecule has 150 valence electrons. The SMILES string of the molecule is CC(C)C(NC(=O)c1ccccc1NC(=O)C(Cl)(Cl)Cl)C(=O)NC(C)(C)C. The lowest BCUT2D eigenvalue weighted by molar-refractivity contribution is -0.125. The first-order valence-electron chi connectivity index (χ1n) is 8.32. The molecular weight excluding hydrogens is 413 g/mol. The van der Waals surface area contributed by atoms with Gasteiger partial charge in [0.05, 0.1) is 11.3 Å². The molecule has 1 atom stereocenters. The summed E-state index contributed by atoms with van der Waals surface area (Å²) >= 11 is 16.7. The van der Waals surface area contributed by atoms with Crippen molar-refractivity contribution in [1.82, 2.24) is 10.6 Å². The van der Waals surface area contributed by atoms with Gasteiger partial charge in [0.25, 0.3) is 15.6 Å². The monoisotopic (exact) mass is 435 g/mol. The number of carbonyl (C=O) groups excluding carboxylic acids is 3. The van der Waals surface area contributed by atoms with Crippen LogP contribution in [0.3, 0.4) is 0 Å². The highest BCUT2D eigenvalue weighted by Crippen LogP contribution is 2.28. The topological polar surface area (TPSA) is 87.3 Å². The van der Waals surface area contributed by atoms with Gasteiger partial charge in [0, 0.05) is 5.54 Å². The third-order valence-corrected chi connectivity index (χ3v) is 3.93. The van der Waals surface area contributed by atoms with Crippen molar-refractivity contribution < 1.29 is 14.4 Å². The summed E-state index contributed by atoms with van der Waals surface area (Å²) < 4.78 is -2.17. The average Bonchev–Trinajstić information content (AvgIpc) is 2.49. The van der Waals surface area contributed by atoms with Gasteiger partial charge < -0.3 is 16.0 Å². The predicted molar refractivity (Wildman–Crippen MR) is 109 cm³/mol. The van der Waals surface area contributed by atoms with Gasteiger partial charge in [-0.05, 0) is 38.8 Å². The zero-order chi connectivity index (χ0) is 21.0. The van der Waals surface area contributed by atoms with Crippen LogP contribution in [0.15, 0.2) is 24.3 Å². The molecule has 9 heteroatoms. The summed E-state index contributed by atoms with van der Waals surface area (Å²) in [7, 11) is 0. The number of nitrogens with one attached hydrogen (secondary N) is 3. The van der Waals surface area contributed by atoms with E-state index in [-0.39, 0.29) is 23.1 Å². The normalized spacial score (nSPS) is 13.1. The number of rotatable bonds is 5. The standard InChI is InChI=1S/C18H24Cl3N3O3/c1-10(2)13(15(26)24-17(3,4)5)23-14(25)11-8-6-7-9-12(11)22-16(27)18(19,20)21/h6-10,13H,1-5H3,(H,22,27)(H,23,25)(H,24,26). The highest BCUT2D eigenvalue weighted by molar-refractivity contribution is 6.76. The Morgan fingerprint density at radius 3 is 2.04 bits per heavy atom. The fourth-order valence-electron chi connectivity index (χ4n) is 2.18. The molecule has 0 heterocycles. The number of carbonyl (C=O) groups is 3. The van der Waals surface area contributed by atoms with E-state index in [1.807, 2.05) is 34.6 Å². The smallest absolute Gasteiger partial charge is 0.276 e. The number of benzene rings is 1. The maximum atomic E-state index is 12.7. The van der Waals surface area contributed by atoms with Gasteiger partial charge in [-0.25, -0.2) is 0 Å². The van der Waals surface area contributed by atoms with Crippen molar-refractivity contribution in [3.8, 4) is 0 Å². The molecule has 0 saturated heterocycles. The minimum absolute atomic E-state index is 0.148. The van der Waals surface area contributed by atoms with Gasteiger partial charge >= 0.3 is 0 Å². The van der Waals surface area contributed by atoms with Crippen LogP contribution >= 0.6 is 34.8 Å². The first kappa shape index (κ1) is 23.5. The fourth-order valence-corrected chi connectivity index (χ4v) is 2.33. The number of amides is 3. The molecule has 3 amide bonds. The summed E-state index contributed by atoms with van der Waals surface area (Å²) in [6.45, 7) is 9.20. The van der Waals surface area contributed by atoms with E-state index in [2.05, 4.69) is 16.0 Å². The average molecular weight is 437 g/mol. The van der Waals surface area contributed by atoms with Gasteiger partial charge in [-0.15, -0.1) is 0 Å². The fraction of sp³-hybridized carbons (Fsp3) is 0.500. The second kappa shape index (κ2) is 9.13. The van der Waals surface area contributed by atoms with Crippen LogP contribution in [0.1, 0.15) is 45.0 Å². The highest BCUT2D eigenvalue weighted by atomic mass is 35.6. The first-order chi connectivity index (χ1) is 12.2. The van der Waals surface area contributed by atoms with Gasteiger partial charge in [-0.3, -0.25) is 14.4 Å². The Kier molecular flexibility index (Phi) is 7.96. The predicted octanol–water partition coefficient (Wildman–Crippen LogP) is 3.66. The Balaban J connectivity index is 3.04. The maximum absolute atomic E-state index is 12.7. The molecule has 1 aromatic rings. The number of anilines is 1. The molecule has 27 heavy (non-hydrogen) atoms. The molecule has 3 N–H and O–H groups in total. The van der Waals surface area contributed by atoms with Gasteiger partial charge in [-0.1, -0.05) is 60.8 Å². The summed E-state index contributed by atoms with van der Waals surface area (Å²) in [4.78, 5) is 37.2. The van der Waals surface area contributed by atoms with E-state index in [1.54, 1.807) is 12.1 Å². The summed E-state index contributed by atoms with van der Waals surface area (Å²) in [5, 5.41) is 7.96. The molecule has 0 saturated carbocycles. The molecule has 0 aliphatic carbocycles. The number of halogens is 3. The minimum Gasteiger partial charge on any atom is -0.350 e. The summed E-state index contributed by atoms with van der Waals surface area (Å²) in [5.74, 6) is -1.87. The molecule has 0 aromatic heterocycles. The zero-order valence-electron chi connectivity index (χ0n) is 15.8. The molecule has 0 aliphatic rings. The van der Waals surface area contributed by atoms with Crippen molar-refractivity contribution in [3.05, 3.63) is 29.8 Å². The lowest BCUT2D eigenvalue weighted by Crippen LogP contribution is -2.54. The van der Waals surface area contributed by atoms with Crippen molar-refractivity contribution in [3.63, 3.8) is 0 Å². The lowest BCUT2D eigenvalue weighted by atomic mass is 10.0. The van der Waals surface area contributed by atoms with Crippen LogP contribution < -0.4 is 16.0 Å². The Hall–Kier alpha value is -1.50. The van der Waals surface area contributed by atoms with Crippen LogP contribution in [0.4, 0.5) is 5.69 Å². The Morgan fingerprint density at radius 2 is 1.56 bits per heavy atom. The largest absolute Gasteiger partial charge is 0.350 e. The van der Waals surface area contributed by atoms with Gasteiger partial charge in [0.1, 0.15) is 6.04 Å². The highest BCUT2D eigenvalue weighted by Gasteiger charge is 2.32. The van der Waals surface area contributed by atoms with Gasteiger partial charge in [0.2, 0.25) is 5.91 Å². The van der Waals surface area contributed by atoms with E-state index in [0.717, 1.165) is 0 Å². The third-order valence-electron chi connectivity index (χ3n) is 3.41. The quantitative estimate of drug-likeness (QED) is 0.616. The zero-order valence-corrected chi connectivity index (χ0v) is 18.1.